The second kappa shape index (κ2) is 61.1. The first-order chi connectivity index (χ1) is 41.7. The molecule has 1 aliphatic rings. The number of aliphatic hydroxyl groups is 5. The Morgan fingerprint density at radius 1 is 0.471 bits per heavy atom. The molecule has 1 aliphatic heterocycles. The van der Waals surface area contributed by atoms with E-state index in [1.807, 2.05) is 6.08 Å². The van der Waals surface area contributed by atoms with Gasteiger partial charge in [-0.25, -0.2) is 0 Å². The zero-order chi connectivity index (χ0) is 61.7. The van der Waals surface area contributed by atoms with Crippen LogP contribution in [0.5, 0.6) is 0 Å². The number of esters is 1. The Kier molecular flexibility index (Phi) is 57.4. The van der Waals surface area contributed by atoms with Crippen LogP contribution in [-0.2, 0) is 23.8 Å². The first kappa shape index (κ1) is 79.9. The van der Waals surface area contributed by atoms with E-state index in [2.05, 4.69) is 99.0 Å². The Morgan fingerprint density at radius 2 is 0.847 bits per heavy atom. The molecule has 0 aromatic heterocycles. The van der Waals surface area contributed by atoms with Crippen molar-refractivity contribution in [1.29, 1.82) is 0 Å². The van der Waals surface area contributed by atoms with Crippen molar-refractivity contribution in [2.24, 2.45) is 0 Å². The van der Waals surface area contributed by atoms with Crippen LogP contribution >= 0.6 is 0 Å². The molecule has 0 aromatic carbocycles. The number of ether oxygens (including phenoxy) is 3. The number of allylic oxidation sites excluding steroid dienone is 13. The van der Waals surface area contributed by atoms with Gasteiger partial charge in [0.2, 0.25) is 5.91 Å². The summed E-state index contributed by atoms with van der Waals surface area (Å²) in [6.45, 7) is 5.70. The Balaban J connectivity index is 2.63. The highest BCUT2D eigenvalue weighted by Gasteiger charge is 2.47. The largest absolute Gasteiger partial charge is 0.454 e. The van der Waals surface area contributed by atoms with Gasteiger partial charge in [0.05, 0.1) is 25.4 Å². The molecular weight excluding hydrogens is 1060 g/mol. The van der Waals surface area contributed by atoms with Crippen molar-refractivity contribution in [3.63, 3.8) is 0 Å². The molecule has 1 amide bonds. The number of hydrogen-bond donors (Lipinski definition) is 6. The van der Waals surface area contributed by atoms with Crippen LogP contribution in [0.25, 0.3) is 0 Å². The number of carbonyl (C=O) groups is 2. The van der Waals surface area contributed by atoms with E-state index < -0.39 is 67.4 Å². The third-order valence-electron chi connectivity index (χ3n) is 16.3. The molecule has 0 spiro atoms. The van der Waals surface area contributed by atoms with Crippen LogP contribution in [-0.4, -0.2) is 99.6 Å². The predicted molar refractivity (Wildman–Crippen MR) is 356 cm³/mol. The van der Waals surface area contributed by atoms with E-state index in [1.54, 1.807) is 6.08 Å². The van der Waals surface area contributed by atoms with Gasteiger partial charge >= 0.3 is 5.97 Å². The Hall–Kier alpha value is -3.16. The SMILES string of the molecule is CC/C=C\C/C=C\C/C=C\C/C=C\C/C=C\C/C=C\CCCCCCC(=O)OC1C(OCC(NC(=O)C(O)CCCCCCCCCCCCCCCCCCCCCC)C(O)/C=C/CCCCCCCCCCCCC)OC(CO)C(O)C1O. The smallest absolute Gasteiger partial charge is 0.306 e. The summed E-state index contributed by atoms with van der Waals surface area (Å²) in [5.41, 5.74) is 0. The second-order valence-corrected chi connectivity index (χ2v) is 24.2. The molecule has 492 valence electrons. The molecule has 85 heavy (non-hydrogen) atoms. The molecule has 11 heteroatoms. The number of unbranched alkanes of at least 4 members (excludes halogenated alkanes) is 34. The third kappa shape index (κ3) is 48.4. The monoisotopic (exact) mass is 1190 g/mol. The summed E-state index contributed by atoms with van der Waals surface area (Å²) in [7, 11) is 0. The van der Waals surface area contributed by atoms with Crippen LogP contribution in [0.15, 0.2) is 85.1 Å². The molecule has 0 saturated carbocycles. The number of aliphatic hydroxyl groups excluding tert-OH is 5. The molecule has 0 aromatic rings. The molecule has 6 N–H and O–H groups in total. The predicted octanol–water partition coefficient (Wildman–Crippen LogP) is 18.1. The molecule has 0 bridgehead atoms. The normalized spacial score (nSPS) is 18.9. The molecule has 1 heterocycles. The van der Waals surface area contributed by atoms with Gasteiger partial charge in [0.1, 0.15) is 24.4 Å². The van der Waals surface area contributed by atoms with Crippen LogP contribution in [0.1, 0.15) is 310 Å². The van der Waals surface area contributed by atoms with E-state index in [0.717, 1.165) is 103 Å². The van der Waals surface area contributed by atoms with E-state index >= 15 is 0 Å². The summed E-state index contributed by atoms with van der Waals surface area (Å²) in [4.78, 5) is 26.7. The molecule has 1 fully saturated rings. The third-order valence-corrected chi connectivity index (χ3v) is 16.3. The van der Waals surface area contributed by atoms with E-state index in [9.17, 15) is 35.1 Å². The van der Waals surface area contributed by atoms with E-state index in [0.29, 0.717) is 19.3 Å². The van der Waals surface area contributed by atoms with Crippen LogP contribution in [0, 0.1) is 0 Å². The number of hydrogen-bond acceptors (Lipinski definition) is 10. The van der Waals surface area contributed by atoms with Gasteiger partial charge in [-0.3, -0.25) is 9.59 Å². The maximum Gasteiger partial charge on any atom is 0.306 e. The minimum absolute atomic E-state index is 0.0914. The van der Waals surface area contributed by atoms with Crippen molar-refractivity contribution in [3.8, 4) is 0 Å². The molecule has 1 saturated heterocycles. The van der Waals surface area contributed by atoms with Gasteiger partial charge in [0.25, 0.3) is 0 Å². The molecule has 8 unspecified atom stereocenters. The highest BCUT2D eigenvalue weighted by Crippen LogP contribution is 2.26. The second-order valence-electron chi connectivity index (χ2n) is 24.2. The van der Waals surface area contributed by atoms with Gasteiger partial charge in [0, 0.05) is 6.42 Å². The van der Waals surface area contributed by atoms with Crippen molar-refractivity contribution in [1.82, 2.24) is 5.32 Å². The van der Waals surface area contributed by atoms with Crippen molar-refractivity contribution in [3.05, 3.63) is 85.1 Å². The average Bonchev–Trinajstić information content (AvgIpc) is 2.49. The zero-order valence-electron chi connectivity index (χ0n) is 54.7. The maximum atomic E-state index is 13.5. The molecular formula is C74H131NO10. The lowest BCUT2D eigenvalue weighted by Crippen LogP contribution is -2.61. The number of amides is 1. The summed E-state index contributed by atoms with van der Waals surface area (Å²) in [6.07, 6.45) is 70.4. The summed E-state index contributed by atoms with van der Waals surface area (Å²) >= 11 is 0. The Labute approximate surface area is 521 Å². The number of carbonyl (C=O) groups excluding carboxylic acids is 2. The Bertz CT molecular complexity index is 1710. The van der Waals surface area contributed by atoms with Crippen LogP contribution in [0.4, 0.5) is 0 Å². The lowest BCUT2D eigenvalue weighted by molar-refractivity contribution is -0.305. The number of rotatable bonds is 60. The van der Waals surface area contributed by atoms with Crippen LogP contribution < -0.4 is 5.32 Å². The first-order valence-electron chi connectivity index (χ1n) is 35.4. The summed E-state index contributed by atoms with van der Waals surface area (Å²) in [5, 5.41) is 57.3. The van der Waals surface area contributed by atoms with Gasteiger partial charge in [-0.05, 0) is 77.0 Å². The van der Waals surface area contributed by atoms with Crippen molar-refractivity contribution in [2.75, 3.05) is 13.2 Å². The van der Waals surface area contributed by atoms with Crippen LogP contribution in [0.3, 0.4) is 0 Å². The van der Waals surface area contributed by atoms with E-state index in [4.69, 9.17) is 14.2 Å². The zero-order valence-corrected chi connectivity index (χ0v) is 54.7. The van der Waals surface area contributed by atoms with Crippen molar-refractivity contribution >= 4 is 11.9 Å². The van der Waals surface area contributed by atoms with Gasteiger partial charge < -0.3 is 45.1 Å². The minimum atomic E-state index is -1.63. The quantitative estimate of drug-likeness (QED) is 0.0195. The standard InChI is InChI=1S/C74H131NO10/c1-4-7-10-13-16-19-22-25-27-29-31-33-34-35-37-39-41-44-47-50-53-56-59-62-69(79)85-72-71(81)70(80)68(63-76)84-74(72)83-64-65(66(77)60-57-54-51-48-45-42-24-21-18-15-12-9-6-3)75-73(82)67(78)61-58-55-52-49-46-43-40-38-36-32-30-28-26-23-20-17-14-11-8-5-2/h7,10,16,19,25,27,31,33,35,37,41,44,57,60,65-68,70-72,74,76-78,80-81H,4-6,8-9,11-15,17-18,20-24,26,28-30,32,34,36,38-40,42-43,45-56,58-59,61-64H2,1-3H3,(H,75,82)/b10-7-,19-16-,27-25-,33-31-,37-35-,44-41-,60-57+. The fourth-order valence-corrected chi connectivity index (χ4v) is 10.8. The lowest BCUT2D eigenvalue weighted by atomic mass is 9.99. The van der Waals surface area contributed by atoms with E-state index in [-0.39, 0.29) is 13.0 Å². The van der Waals surface area contributed by atoms with Gasteiger partial charge in [-0.1, -0.05) is 311 Å². The molecule has 1 rings (SSSR count). The summed E-state index contributed by atoms with van der Waals surface area (Å²) in [6, 6.07) is -1.03. The molecule has 11 nitrogen and oxygen atoms in total. The molecule has 8 atom stereocenters. The number of nitrogens with one attached hydrogen (secondary N) is 1. The van der Waals surface area contributed by atoms with Crippen molar-refractivity contribution < 1.29 is 49.3 Å². The van der Waals surface area contributed by atoms with Crippen LogP contribution in [0.2, 0.25) is 0 Å². The summed E-state index contributed by atoms with van der Waals surface area (Å²) in [5.74, 6) is -1.21. The highest BCUT2D eigenvalue weighted by atomic mass is 16.7. The fourth-order valence-electron chi connectivity index (χ4n) is 10.8. The Morgan fingerprint density at radius 3 is 1.27 bits per heavy atom. The molecule has 0 radical (unpaired) electrons. The van der Waals surface area contributed by atoms with Gasteiger partial charge in [-0.15, -0.1) is 0 Å². The van der Waals surface area contributed by atoms with Crippen molar-refractivity contribution in [2.45, 2.75) is 359 Å². The highest BCUT2D eigenvalue weighted by molar-refractivity contribution is 5.80. The fraction of sp³-hybridized carbons (Fsp3) is 0.784. The average molecular weight is 1190 g/mol. The van der Waals surface area contributed by atoms with Gasteiger partial charge in [-0.2, -0.15) is 0 Å². The minimum Gasteiger partial charge on any atom is -0.454 e. The topological polar surface area (TPSA) is 175 Å². The van der Waals surface area contributed by atoms with E-state index in [1.165, 1.54) is 161 Å². The summed E-state index contributed by atoms with van der Waals surface area (Å²) < 4.78 is 17.7. The molecule has 0 aliphatic carbocycles. The maximum absolute atomic E-state index is 13.5. The first-order valence-corrected chi connectivity index (χ1v) is 35.4. The lowest BCUT2D eigenvalue weighted by Gasteiger charge is -2.41. The van der Waals surface area contributed by atoms with Gasteiger partial charge in [0.15, 0.2) is 12.4 Å².